The van der Waals surface area contributed by atoms with E-state index in [1.54, 1.807) is 0 Å². The van der Waals surface area contributed by atoms with Crippen LogP contribution < -0.4 is 0 Å². The predicted molar refractivity (Wildman–Crippen MR) is 61.9 cm³/mol. The van der Waals surface area contributed by atoms with Crippen molar-refractivity contribution in [3.8, 4) is 0 Å². The van der Waals surface area contributed by atoms with Gasteiger partial charge in [-0.1, -0.05) is 12.1 Å². The fraction of sp³-hybridized carbons (Fsp3) is 0.273. The van der Waals surface area contributed by atoms with E-state index in [-0.39, 0.29) is 5.56 Å². The molecule has 1 heterocycles. The van der Waals surface area contributed by atoms with Crippen LogP contribution >= 0.6 is 11.9 Å². The van der Waals surface area contributed by atoms with Crippen LogP contribution in [0.2, 0.25) is 0 Å². The molecule has 1 N–H and O–H groups in total. The lowest BCUT2D eigenvalue weighted by molar-refractivity contribution is -0.144. The molecule has 0 saturated carbocycles. The van der Waals surface area contributed by atoms with Crippen molar-refractivity contribution in [1.29, 1.82) is 0 Å². The van der Waals surface area contributed by atoms with E-state index in [9.17, 15) is 22.4 Å². The zero-order valence-electron chi connectivity index (χ0n) is 9.24. The van der Waals surface area contributed by atoms with Gasteiger partial charge in [0, 0.05) is 5.56 Å². The molecule has 8 heteroatoms. The second-order valence-electron chi connectivity index (χ2n) is 3.90. The Morgan fingerprint density at radius 1 is 1.42 bits per heavy atom. The number of nitrogens with zero attached hydrogens (tertiary/aromatic N) is 1. The highest BCUT2D eigenvalue weighted by Crippen LogP contribution is 2.35. The molecule has 0 saturated heterocycles. The summed E-state index contributed by atoms with van der Waals surface area (Å²) in [5.74, 6) is -2.21. The minimum Gasteiger partial charge on any atom is -0.479 e. The number of carbonyl (C=O) groups is 1. The van der Waals surface area contributed by atoms with Crippen molar-refractivity contribution in [3.63, 3.8) is 0 Å². The Kier molecular flexibility index (Phi) is 3.29. The highest BCUT2D eigenvalue weighted by molar-refractivity contribution is 7.98. The molecule has 1 atom stereocenters. The van der Waals surface area contributed by atoms with Crippen molar-refractivity contribution in [2.75, 3.05) is 5.75 Å². The van der Waals surface area contributed by atoms with Crippen LogP contribution in [0, 0.1) is 0 Å². The largest absolute Gasteiger partial charge is 0.479 e. The van der Waals surface area contributed by atoms with E-state index in [2.05, 4.69) is 4.40 Å². The van der Waals surface area contributed by atoms with Gasteiger partial charge in [-0.25, -0.2) is 13.6 Å². The van der Waals surface area contributed by atoms with Crippen molar-refractivity contribution in [1.82, 2.24) is 0 Å². The summed E-state index contributed by atoms with van der Waals surface area (Å²) in [6, 6.07) is 3.82. The van der Waals surface area contributed by atoms with Crippen LogP contribution in [0.1, 0.15) is 11.1 Å². The van der Waals surface area contributed by atoms with Crippen LogP contribution in [0.3, 0.4) is 0 Å². The summed E-state index contributed by atoms with van der Waals surface area (Å²) < 4.78 is 55.4. The van der Waals surface area contributed by atoms with Gasteiger partial charge < -0.3 is 5.11 Å². The molecule has 1 unspecified atom stereocenters. The monoisotopic (exact) mass is 293 g/mol. The van der Waals surface area contributed by atoms with E-state index >= 15 is 0 Å². The Labute approximate surface area is 109 Å². The molecular weight excluding hydrogens is 286 g/mol. The van der Waals surface area contributed by atoms with Crippen LogP contribution in [0.25, 0.3) is 0 Å². The van der Waals surface area contributed by atoms with E-state index in [1.807, 2.05) is 0 Å². The maximum Gasteiger partial charge on any atom is 0.416 e. The molecule has 0 radical (unpaired) electrons. The van der Waals surface area contributed by atoms with Gasteiger partial charge >= 0.3 is 12.1 Å². The van der Waals surface area contributed by atoms with E-state index in [0.717, 1.165) is 12.1 Å². The number of carboxylic acid groups (broad SMARTS) is 1. The lowest BCUT2D eigenvalue weighted by atomic mass is 9.94. The first-order chi connectivity index (χ1) is 8.75. The second-order valence-corrected chi connectivity index (χ2v) is 4.63. The van der Waals surface area contributed by atoms with E-state index < -0.39 is 34.8 Å². The molecular formula is C11H7F4NO2S. The molecule has 0 aliphatic carbocycles. The molecule has 1 aliphatic heterocycles. The molecule has 0 aromatic heterocycles. The number of halogens is 4. The van der Waals surface area contributed by atoms with Gasteiger partial charge in [-0.15, -0.1) is 0 Å². The fourth-order valence-corrected chi connectivity index (χ4v) is 2.50. The summed E-state index contributed by atoms with van der Waals surface area (Å²) in [5.41, 5.74) is -4.40. The van der Waals surface area contributed by atoms with Crippen LogP contribution in [-0.4, -0.2) is 28.2 Å². The Bertz CT molecular complexity index is 558. The summed E-state index contributed by atoms with van der Waals surface area (Å²) in [6.45, 7) is 0. The summed E-state index contributed by atoms with van der Waals surface area (Å²) >= 11 is 0.677. The van der Waals surface area contributed by atoms with Crippen molar-refractivity contribution in [3.05, 3.63) is 35.4 Å². The zero-order valence-corrected chi connectivity index (χ0v) is 10.1. The zero-order chi connectivity index (χ0) is 14.3. The average Bonchev–Trinajstić information content (AvgIpc) is 2.72. The SMILES string of the molecule is O=C(O)C1(F)CSN=C1c1cccc(C(F)(F)F)c1. The quantitative estimate of drug-likeness (QED) is 0.673. The van der Waals surface area contributed by atoms with E-state index in [0.29, 0.717) is 18.0 Å². The third-order valence-electron chi connectivity index (χ3n) is 2.60. The van der Waals surface area contributed by atoms with Crippen molar-refractivity contribution in [2.45, 2.75) is 11.8 Å². The molecule has 2 rings (SSSR count). The average molecular weight is 293 g/mol. The smallest absolute Gasteiger partial charge is 0.416 e. The van der Waals surface area contributed by atoms with E-state index in [4.69, 9.17) is 5.11 Å². The maximum absolute atomic E-state index is 14.2. The highest BCUT2D eigenvalue weighted by Gasteiger charge is 2.49. The van der Waals surface area contributed by atoms with Crippen LogP contribution in [0.5, 0.6) is 0 Å². The van der Waals surface area contributed by atoms with Gasteiger partial charge in [0.2, 0.25) is 0 Å². The third-order valence-corrected chi connectivity index (χ3v) is 3.44. The van der Waals surface area contributed by atoms with E-state index in [1.165, 1.54) is 6.07 Å². The number of carboxylic acids is 1. The third kappa shape index (κ3) is 2.44. The van der Waals surface area contributed by atoms with Gasteiger partial charge in [0.1, 0.15) is 5.71 Å². The number of aliphatic carboxylic acids is 1. The van der Waals surface area contributed by atoms with Gasteiger partial charge in [-0.05, 0) is 24.1 Å². The number of rotatable bonds is 2. The van der Waals surface area contributed by atoms with Gasteiger partial charge in [0.15, 0.2) is 0 Å². The molecule has 3 nitrogen and oxygen atoms in total. The van der Waals surface area contributed by atoms with Gasteiger partial charge in [0.05, 0.1) is 11.3 Å². The number of hydrogen-bond acceptors (Lipinski definition) is 3. The van der Waals surface area contributed by atoms with Crippen LogP contribution in [-0.2, 0) is 11.0 Å². The number of alkyl halides is 4. The number of hydrogen-bond donors (Lipinski definition) is 1. The topological polar surface area (TPSA) is 49.7 Å². The van der Waals surface area contributed by atoms with Gasteiger partial charge in [-0.3, -0.25) is 0 Å². The Morgan fingerprint density at radius 3 is 2.68 bits per heavy atom. The molecule has 102 valence electrons. The standard InChI is InChI=1S/C11H7F4NO2S/c12-10(9(17)18)5-19-16-8(10)6-2-1-3-7(4-6)11(13,14)15/h1-4H,5H2,(H,17,18). The minimum absolute atomic E-state index is 0.176. The number of benzene rings is 1. The van der Waals surface area contributed by atoms with Crippen molar-refractivity contribution < 1.29 is 27.5 Å². The first-order valence-corrected chi connectivity index (χ1v) is 6.00. The van der Waals surface area contributed by atoms with Crippen LogP contribution in [0.4, 0.5) is 17.6 Å². The summed E-state index contributed by atoms with van der Waals surface area (Å²) in [7, 11) is 0. The Balaban J connectivity index is 2.46. The minimum atomic E-state index is -4.58. The summed E-state index contributed by atoms with van der Waals surface area (Å²) in [5, 5.41) is 8.84. The summed E-state index contributed by atoms with van der Waals surface area (Å²) in [4.78, 5) is 10.9. The molecule has 1 aromatic carbocycles. The van der Waals surface area contributed by atoms with Crippen molar-refractivity contribution >= 4 is 23.6 Å². The molecule has 0 amide bonds. The van der Waals surface area contributed by atoms with Gasteiger partial charge in [-0.2, -0.15) is 13.2 Å². The molecule has 0 bridgehead atoms. The van der Waals surface area contributed by atoms with Crippen LogP contribution in [0.15, 0.2) is 28.7 Å². The molecule has 0 fully saturated rings. The first kappa shape index (κ1) is 13.9. The predicted octanol–water partition coefficient (Wildman–Crippen LogP) is 2.95. The lowest BCUT2D eigenvalue weighted by Gasteiger charge is -2.16. The molecule has 1 aliphatic rings. The Hall–Kier alpha value is -1.57. The maximum atomic E-state index is 14.2. The first-order valence-electron chi connectivity index (χ1n) is 5.05. The molecule has 19 heavy (non-hydrogen) atoms. The van der Waals surface area contributed by atoms with Gasteiger partial charge in [0.25, 0.3) is 5.67 Å². The molecule has 1 aromatic rings. The normalized spacial score (nSPS) is 23.3. The second kappa shape index (κ2) is 4.52. The summed E-state index contributed by atoms with van der Waals surface area (Å²) in [6.07, 6.45) is -4.58. The molecule has 0 spiro atoms. The Morgan fingerprint density at radius 2 is 2.11 bits per heavy atom. The fourth-order valence-electron chi connectivity index (χ4n) is 1.61. The highest BCUT2D eigenvalue weighted by atomic mass is 32.2. The van der Waals surface area contributed by atoms with Crippen molar-refractivity contribution in [2.24, 2.45) is 4.40 Å². The lowest BCUT2D eigenvalue weighted by Crippen LogP contribution is -2.42.